The van der Waals surface area contributed by atoms with Crippen LogP contribution in [0.1, 0.15) is 16.7 Å². The zero-order valence-corrected chi connectivity index (χ0v) is 13.2. The molecule has 1 heteroatoms. The molecule has 0 aliphatic carbocycles. The highest BCUT2D eigenvalue weighted by atomic mass is 28.1. The van der Waals surface area contributed by atoms with Crippen LogP contribution in [0.4, 0.5) is 0 Å². The van der Waals surface area contributed by atoms with Gasteiger partial charge in [-0.1, -0.05) is 84.9 Å². The molecule has 0 heterocycles. The first kappa shape index (κ1) is 13.3. The smallest absolute Gasteiger partial charge is 0.0397 e. The fourth-order valence-electron chi connectivity index (χ4n) is 3.17. The van der Waals surface area contributed by atoms with Gasteiger partial charge >= 0.3 is 0 Å². The number of fused-ring (bicyclic) bond motifs is 2. The molecule has 0 saturated carbocycles. The average molecular weight is 295 g/mol. The van der Waals surface area contributed by atoms with E-state index in [4.69, 9.17) is 0 Å². The quantitative estimate of drug-likeness (QED) is 0.443. The summed E-state index contributed by atoms with van der Waals surface area (Å²) in [6, 6.07) is 30.1. The van der Waals surface area contributed by atoms with E-state index < -0.39 is 0 Å². The van der Waals surface area contributed by atoms with E-state index in [-0.39, 0.29) is 5.54 Å². The predicted molar refractivity (Wildman–Crippen MR) is 95.5 cm³/mol. The number of benzene rings is 4. The van der Waals surface area contributed by atoms with E-state index in [1.54, 1.807) is 0 Å². The number of rotatable bonds is 2. The summed E-state index contributed by atoms with van der Waals surface area (Å²) in [7, 11) is 4.00. The molecule has 0 amide bonds. The molecule has 0 spiro atoms. The Morgan fingerprint density at radius 3 is 1.41 bits per heavy atom. The van der Waals surface area contributed by atoms with Gasteiger partial charge in [-0.2, -0.15) is 0 Å². The number of hydrogen-bond acceptors (Lipinski definition) is 0. The molecule has 0 bridgehead atoms. The third-order valence-electron chi connectivity index (χ3n) is 4.27. The van der Waals surface area contributed by atoms with Crippen LogP contribution in [0.15, 0.2) is 84.9 Å². The molecule has 0 N–H and O–H groups in total. The Bertz CT molecular complexity index is 866. The summed E-state index contributed by atoms with van der Waals surface area (Å²) < 4.78 is 0. The number of hydrogen-bond donors (Lipinski definition) is 0. The second-order valence-electron chi connectivity index (χ2n) is 5.57. The largest absolute Gasteiger partial charge is 0.0616 e. The van der Waals surface area contributed by atoms with Gasteiger partial charge in [0.05, 0.1) is 0 Å². The maximum Gasteiger partial charge on any atom is 0.0397 e. The standard InChI is InChI=1S/C21H15Si/c22-21(19-13-5-9-15-7-1-3-11-17(15)19)20-14-6-10-16-8-2-4-12-18(16)20/h1-14,21H. The molecule has 0 nitrogen and oxygen atoms in total. The molecule has 0 atom stereocenters. The fourth-order valence-corrected chi connectivity index (χ4v) is 3.68. The zero-order chi connectivity index (χ0) is 14.9. The molecule has 103 valence electrons. The minimum absolute atomic E-state index is 0.178. The summed E-state index contributed by atoms with van der Waals surface area (Å²) in [6.45, 7) is 0. The van der Waals surface area contributed by atoms with Crippen LogP contribution in [0.5, 0.6) is 0 Å². The third kappa shape index (κ3) is 2.15. The van der Waals surface area contributed by atoms with Crippen LogP contribution in [0, 0.1) is 0 Å². The zero-order valence-electron chi connectivity index (χ0n) is 12.2. The normalized spacial score (nSPS) is 11.4. The maximum atomic E-state index is 4.00. The van der Waals surface area contributed by atoms with Gasteiger partial charge < -0.3 is 0 Å². The van der Waals surface area contributed by atoms with Crippen LogP contribution in [-0.2, 0) is 0 Å². The highest BCUT2D eigenvalue weighted by Gasteiger charge is 2.13. The lowest BCUT2D eigenvalue weighted by molar-refractivity contribution is 1.18. The molecule has 4 aromatic rings. The third-order valence-corrected chi connectivity index (χ3v) is 4.89. The van der Waals surface area contributed by atoms with Crippen LogP contribution >= 0.6 is 0 Å². The summed E-state index contributed by atoms with van der Waals surface area (Å²) >= 11 is 0. The first-order valence-electron chi connectivity index (χ1n) is 7.51. The molecule has 0 unspecified atom stereocenters. The van der Waals surface area contributed by atoms with Crippen molar-refractivity contribution in [1.29, 1.82) is 0 Å². The minimum Gasteiger partial charge on any atom is -0.0616 e. The van der Waals surface area contributed by atoms with Crippen LogP contribution in [-0.4, -0.2) is 10.2 Å². The maximum absolute atomic E-state index is 4.00. The van der Waals surface area contributed by atoms with E-state index in [2.05, 4.69) is 95.2 Å². The summed E-state index contributed by atoms with van der Waals surface area (Å²) in [6.07, 6.45) is 0. The van der Waals surface area contributed by atoms with Crippen molar-refractivity contribution >= 4 is 31.8 Å². The van der Waals surface area contributed by atoms with Crippen molar-refractivity contribution in [3.8, 4) is 0 Å². The fraction of sp³-hybridized carbons (Fsp3) is 0.0476. The van der Waals surface area contributed by atoms with Crippen LogP contribution in [0.3, 0.4) is 0 Å². The summed E-state index contributed by atoms with van der Waals surface area (Å²) in [5, 5.41) is 5.17. The SMILES string of the molecule is [Si]C(c1cccc2ccccc12)c1cccc2ccccc12. The lowest BCUT2D eigenvalue weighted by Crippen LogP contribution is -2.02. The first-order valence-corrected chi connectivity index (χ1v) is 8.09. The lowest BCUT2D eigenvalue weighted by atomic mass is 9.94. The van der Waals surface area contributed by atoms with Gasteiger partial charge in [0.2, 0.25) is 0 Å². The molecule has 0 aliphatic rings. The summed E-state index contributed by atoms with van der Waals surface area (Å²) in [4.78, 5) is 0. The van der Waals surface area contributed by atoms with E-state index >= 15 is 0 Å². The average Bonchev–Trinajstić information content (AvgIpc) is 2.60. The molecule has 0 aliphatic heterocycles. The van der Waals surface area contributed by atoms with Gasteiger partial charge in [0.25, 0.3) is 0 Å². The van der Waals surface area contributed by atoms with Crippen molar-refractivity contribution in [2.24, 2.45) is 0 Å². The van der Waals surface area contributed by atoms with Gasteiger partial charge in [-0.3, -0.25) is 0 Å². The van der Waals surface area contributed by atoms with Gasteiger partial charge in [-0.25, -0.2) is 0 Å². The van der Waals surface area contributed by atoms with E-state index in [0.717, 1.165) is 0 Å². The molecule has 22 heavy (non-hydrogen) atoms. The van der Waals surface area contributed by atoms with Crippen molar-refractivity contribution in [2.45, 2.75) is 5.54 Å². The molecular weight excluding hydrogens is 280 g/mol. The molecule has 4 aromatic carbocycles. The Hall–Kier alpha value is -2.38. The minimum atomic E-state index is 0.178. The highest BCUT2D eigenvalue weighted by Crippen LogP contribution is 2.32. The Labute approximate surface area is 133 Å². The molecule has 3 radical (unpaired) electrons. The van der Waals surface area contributed by atoms with Crippen LogP contribution in [0.2, 0.25) is 0 Å². The van der Waals surface area contributed by atoms with Gasteiger partial charge in [-0.15, -0.1) is 0 Å². The topological polar surface area (TPSA) is 0 Å². The van der Waals surface area contributed by atoms with E-state index in [0.29, 0.717) is 0 Å². The Balaban J connectivity index is 1.94. The van der Waals surface area contributed by atoms with Crippen molar-refractivity contribution in [3.63, 3.8) is 0 Å². The summed E-state index contributed by atoms with van der Waals surface area (Å²) in [5.41, 5.74) is 2.80. The first-order chi connectivity index (χ1) is 10.8. The molecular formula is C21H15Si. The predicted octanol–water partition coefficient (Wildman–Crippen LogP) is 5.25. The van der Waals surface area contributed by atoms with Gasteiger partial charge in [0, 0.05) is 10.2 Å². The Morgan fingerprint density at radius 2 is 0.909 bits per heavy atom. The van der Waals surface area contributed by atoms with Crippen molar-refractivity contribution < 1.29 is 0 Å². The van der Waals surface area contributed by atoms with E-state index in [1.807, 2.05) is 0 Å². The van der Waals surface area contributed by atoms with Crippen molar-refractivity contribution in [1.82, 2.24) is 0 Å². The molecule has 0 aromatic heterocycles. The van der Waals surface area contributed by atoms with Crippen LogP contribution in [0.25, 0.3) is 21.5 Å². The second kappa shape index (κ2) is 5.43. The second-order valence-corrected chi connectivity index (χ2v) is 6.15. The summed E-state index contributed by atoms with van der Waals surface area (Å²) in [5.74, 6) is 0. The van der Waals surface area contributed by atoms with Crippen molar-refractivity contribution in [3.05, 3.63) is 96.1 Å². The van der Waals surface area contributed by atoms with Gasteiger partial charge in [-0.05, 0) is 38.2 Å². The Kier molecular flexibility index (Phi) is 3.28. The van der Waals surface area contributed by atoms with E-state index in [1.165, 1.54) is 32.7 Å². The highest BCUT2D eigenvalue weighted by molar-refractivity contribution is 6.17. The lowest BCUT2D eigenvalue weighted by Gasteiger charge is -2.17. The van der Waals surface area contributed by atoms with Crippen molar-refractivity contribution in [2.75, 3.05) is 0 Å². The van der Waals surface area contributed by atoms with Gasteiger partial charge in [0.1, 0.15) is 0 Å². The molecule has 4 rings (SSSR count). The Morgan fingerprint density at radius 1 is 0.500 bits per heavy atom. The van der Waals surface area contributed by atoms with E-state index in [9.17, 15) is 0 Å². The van der Waals surface area contributed by atoms with Gasteiger partial charge in [0.15, 0.2) is 0 Å². The molecule has 0 fully saturated rings. The molecule has 0 saturated heterocycles. The van der Waals surface area contributed by atoms with Crippen LogP contribution < -0.4 is 0 Å². The monoisotopic (exact) mass is 295 g/mol.